The van der Waals surface area contributed by atoms with Crippen molar-refractivity contribution < 1.29 is 0 Å². The van der Waals surface area contributed by atoms with Gasteiger partial charge in [0, 0.05) is 36.7 Å². The lowest BCUT2D eigenvalue weighted by molar-refractivity contribution is 0.712. The molecule has 3 aromatic heterocycles. The maximum Gasteiger partial charge on any atom is 0.271 e. The molecule has 148 valence electrons. The lowest BCUT2D eigenvalue weighted by atomic mass is 10.2. The minimum atomic E-state index is -0.214. The average Bonchev–Trinajstić information content (AvgIpc) is 3.51. The van der Waals surface area contributed by atoms with E-state index in [2.05, 4.69) is 35.7 Å². The van der Waals surface area contributed by atoms with Crippen LogP contribution in [-0.2, 0) is 0 Å². The molecule has 9 nitrogen and oxygen atoms in total. The molecule has 9 heteroatoms. The molecular weight excluding hydrogens is 368 g/mol. The molecule has 3 aromatic rings. The lowest BCUT2D eigenvalue weighted by Crippen LogP contribution is -2.23. The van der Waals surface area contributed by atoms with Crippen LogP contribution in [0, 0.1) is 0 Å². The van der Waals surface area contributed by atoms with Gasteiger partial charge in [-0.25, -0.2) is 19.9 Å². The summed E-state index contributed by atoms with van der Waals surface area (Å²) in [7, 11) is 0. The van der Waals surface area contributed by atoms with Crippen molar-refractivity contribution in [2.45, 2.75) is 50.1 Å². The number of hydrogen-bond donors (Lipinski definition) is 2. The van der Waals surface area contributed by atoms with Gasteiger partial charge in [-0.3, -0.25) is 4.79 Å². The molecule has 0 bridgehead atoms. The number of nitrogens with zero attached hydrogens (tertiary/aromatic N) is 6. The molecule has 29 heavy (non-hydrogen) atoms. The molecule has 0 spiro atoms. The summed E-state index contributed by atoms with van der Waals surface area (Å²) in [6.45, 7) is 0. The van der Waals surface area contributed by atoms with Gasteiger partial charge in [0.05, 0.1) is 12.4 Å². The second kappa shape index (κ2) is 7.57. The van der Waals surface area contributed by atoms with Crippen LogP contribution in [-0.4, -0.2) is 41.8 Å². The molecule has 0 saturated heterocycles. The predicted octanol–water partition coefficient (Wildman–Crippen LogP) is 2.13. The van der Waals surface area contributed by atoms with Crippen molar-refractivity contribution in [2.75, 3.05) is 10.6 Å². The van der Waals surface area contributed by atoms with Crippen LogP contribution in [0.4, 0.5) is 11.9 Å². The fourth-order valence-corrected chi connectivity index (χ4v) is 3.71. The zero-order valence-electron chi connectivity index (χ0n) is 15.9. The summed E-state index contributed by atoms with van der Waals surface area (Å²) in [6, 6.07) is 3.66. The van der Waals surface area contributed by atoms with E-state index < -0.39 is 0 Å². The highest BCUT2D eigenvalue weighted by Crippen LogP contribution is 2.39. The topological polar surface area (TPSA) is 111 Å². The van der Waals surface area contributed by atoms with Crippen LogP contribution in [0.2, 0.25) is 0 Å². The quantitative estimate of drug-likeness (QED) is 0.659. The van der Waals surface area contributed by atoms with Crippen LogP contribution < -0.4 is 16.2 Å². The maximum atomic E-state index is 11.8. The average molecular weight is 390 g/mol. The molecule has 2 fully saturated rings. The van der Waals surface area contributed by atoms with Gasteiger partial charge in [-0.05, 0) is 49.7 Å². The first-order valence-electron chi connectivity index (χ1n) is 9.96. The SMILES string of the molecule is O=c1cccnn1-c1cnc(N[C@H]2CC[C@H](Nc3ncc(C4CC4)cn3)C2)nc1. The molecule has 2 saturated carbocycles. The van der Waals surface area contributed by atoms with Crippen LogP contribution in [0.3, 0.4) is 0 Å². The zero-order valence-corrected chi connectivity index (χ0v) is 15.9. The summed E-state index contributed by atoms with van der Waals surface area (Å²) >= 11 is 0. The van der Waals surface area contributed by atoms with E-state index >= 15 is 0 Å². The van der Waals surface area contributed by atoms with Crippen LogP contribution in [0.1, 0.15) is 43.6 Å². The van der Waals surface area contributed by atoms with Gasteiger partial charge in [0.25, 0.3) is 5.56 Å². The highest BCUT2D eigenvalue weighted by atomic mass is 16.1. The Morgan fingerprint density at radius 1 is 0.862 bits per heavy atom. The smallest absolute Gasteiger partial charge is 0.271 e. The number of aromatic nitrogens is 6. The maximum absolute atomic E-state index is 11.8. The van der Waals surface area contributed by atoms with Gasteiger partial charge in [0.1, 0.15) is 5.69 Å². The Hall–Kier alpha value is -3.36. The third-order valence-corrected chi connectivity index (χ3v) is 5.42. The fourth-order valence-electron chi connectivity index (χ4n) is 3.71. The van der Waals surface area contributed by atoms with Gasteiger partial charge in [0.15, 0.2) is 0 Å². The lowest BCUT2D eigenvalue weighted by Gasteiger charge is -2.15. The van der Waals surface area contributed by atoms with Gasteiger partial charge in [-0.2, -0.15) is 9.78 Å². The molecule has 5 rings (SSSR count). The van der Waals surface area contributed by atoms with Gasteiger partial charge in [-0.15, -0.1) is 0 Å². The summed E-state index contributed by atoms with van der Waals surface area (Å²) in [6.07, 6.45) is 14.2. The Morgan fingerprint density at radius 2 is 1.48 bits per heavy atom. The number of rotatable bonds is 6. The van der Waals surface area contributed by atoms with E-state index in [1.807, 2.05) is 12.4 Å². The normalized spacial score (nSPS) is 21.1. The van der Waals surface area contributed by atoms with Crippen molar-refractivity contribution in [3.8, 4) is 5.69 Å². The highest BCUT2D eigenvalue weighted by molar-refractivity contribution is 5.34. The van der Waals surface area contributed by atoms with Gasteiger partial charge in [-0.1, -0.05) is 0 Å². The van der Waals surface area contributed by atoms with E-state index in [0.29, 0.717) is 29.5 Å². The second-order valence-corrected chi connectivity index (χ2v) is 7.65. The Kier molecular flexibility index (Phi) is 4.63. The van der Waals surface area contributed by atoms with Gasteiger partial charge >= 0.3 is 0 Å². The van der Waals surface area contributed by atoms with E-state index in [1.165, 1.54) is 29.2 Å². The van der Waals surface area contributed by atoms with E-state index in [1.54, 1.807) is 24.7 Å². The Morgan fingerprint density at radius 3 is 2.07 bits per heavy atom. The minimum absolute atomic E-state index is 0.214. The van der Waals surface area contributed by atoms with Crippen LogP contribution in [0.5, 0.6) is 0 Å². The predicted molar refractivity (Wildman–Crippen MR) is 108 cm³/mol. The molecule has 2 aliphatic rings. The van der Waals surface area contributed by atoms with Crippen molar-refractivity contribution in [3.63, 3.8) is 0 Å². The van der Waals surface area contributed by atoms with Crippen LogP contribution in [0.25, 0.3) is 5.69 Å². The zero-order chi connectivity index (χ0) is 19.6. The Bertz CT molecular complexity index is 1030. The second-order valence-electron chi connectivity index (χ2n) is 7.65. The van der Waals surface area contributed by atoms with Crippen LogP contribution in [0.15, 0.2) is 47.9 Å². The first-order chi connectivity index (χ1) is 14.2. The highest BCUT2D eigenvalue weighted by Gasteiger charge is 2.27. The van der Waals surface area contributed by atoms with E-state index in [9.17, 15) is 4.79 Å². The number of anilines is 2. The van der Waals surface area contributed by atoms with E-state index in [4.69, 9.17) is 0 Å². The fraction of sp³-hybridized carbons (Fsp3) is 0.400. The molecule has 0 aliphatic heterocycles. The van der Waals surface area contributed by atoms with Crippen LogP contribution >= 0.6 is 0 Å². The summed E-state index contributed by atoms with van der Waals surface area (Å²) in [5.74, 6) is 1.92. The minimum Gasteiger partial charge on any atom is -0.351 e. The van der Waals surface area contributed by atoms with E-state index in [-0.39, 0.29) is 11.6 Å². The van der Waals surface area contributed by atoms with Gasteiger partial charge in [0.2, 0.25) is 11.9 Å². The number of hydrogen-bond acceptors (Lipinski definition) is 8. The largest absolute Gasteiger partial charge is 0.351 e. The molecule has 3 heterocycles. The standard InChI is InChI=1S/C20H22N8O/c29-18-2-1-7-25-28(18)17-11-23-20(24-12-17)27-16-6-5-15(8-16)26-19-21-9-14(10-22-19)13-3-4-13/h1-2,7,9-13,15-16H,3-6,8H2,(H,21,22,26)(H,23,24,27)/t15-,16-/m0/s1. The van der Waals surface area contributed by atoms with Crippen molar-refractivity contribution in [3.05, 3.63) is 59.0 Å². The molecule has 0 radical (unpaired) electrons. The summed E-state index contributed by atoms with van der Waals surface area (Å²) < 4.78 is 1.27. The third kappa shape index (κ3) is 4.08. The third-order valence-electron chi connectivity index (χ3n) is 5.42. The Labute approximate surface area is 167 Å². The molecule has 0 unspecified atom stereocenters. The molecule has 2 aliphatic carbocycles. The van der Waals surface area contributed by atoms with E-state index in [0.717, 1.165) is 19.3 Å². The summed E-state index contributed by atoms with van der Waals surface area (Å²) in [5, 5.41) is 10.8. The number of nitrogens with one attached hydrogen (secondary N) is 2. The summed E-state index contributed by atoms with van der Waals surface area (Å²) in [5.41, 5.74) is 1.57. The van der Waals surface area contributed by atoms with Crippen molar-refractivity contribution in [2.24, 2.45) is 0 Å². The molecule has 2 N–H and O–H groups in total. The monoisotopic (exact) mass is 390 g/mol. The summed E-state index contributed by atoms with van der Waals surface area (Å²) in [4.78, 5) is 29.4. The van der Waals surface area contributed by atoms with Crippen molar-refractivity contribution in [1.29, 1.82) is 0 Å². The molecular formula is C20H22N8O. The molecule has 2 atom stereocenters. The first-order valence-corrected chi connectivity index (χ1v) is 9.96. The molecule has 0 aromatic carbocycles. The Balaban J connectivity index is 1.16. The molecule has 0 amide bonds. The first kappa shape index (κ1) is 17.7. The van der Waals surface area contributed by atoms with Crippen molar-refractivity contribution in [1.82, 2.24) is 29.7 Å². The van der Waals surface area contributed by atoms with Crippen molar-refractivity contribution >= 4 is 11.9 Å². The van der Waals surface area contributed by atoms with Gasteiger partial charge < -0.3 is 10.6 Å².